The van der Waals surface area contributed by atoms with Gasteiger partial charge in [-0.15, -0.1) is 0 Å². The van der Waals surface area contributed by atoms with Crippen LogP contribution in [0.5, 0.6) is 0 Å². The summed E-state index contributed by atoms with van der Waals surface area (Å²) in [6, 6.07) is 8.49. The minimum atomic E-state index is -0.0933. The molecule has 2 aromatic heterocycles. The molecule has 0 aromatic carbocycles. The summed E-state index contributed by atoms with van der Waals surface area (Å²) in [5.41, 5.74) is 6.07. The van der Waals surface area contributed by atoms with Crippen LogP contribution in [0.15, 0.2) is 24.3 Å². The monoisotopic (exact) mass is 440 g/mol. The molecule has 2 aliphatic rings. The number of nitrogens with zero attached hydrogens (tertiary/aromatic N) is 2. The highest BCUT2D eigenvalue weighted by Gasteiger charge is 2.33. The summed E-state index contributed by atoms with van der Waals surface area (Å²) in [5, 5.41) is 9.95. The number of aliphatic hydroxyl groups excluding tert-OH is 1. The van der Waals surface area contributed by atoms with E-state index in [9.17, 15) is 5.11 Å². The molecule has 0 aliphatic carbocycles. The van der Waals surface area contributed by atoms with Crippen LogP contribution in [0.2, 0.25) is 0 Å². The zero-order valence-corrected chi connectivity index (χ0v) is 19.7. The normalized spacial score (nSPS) is 23.5. The largest absolute Gasteiger partial charge is 0.390 e. The van der Waals surface area contributed by atoms with Gasteiger partial charge in [-0.2, -0.15) is 0 Å². The van der Waals surface area contributed by atoms with Gasteiger partial charge >= 0.3 is 0 Å². The lowest BCUT2D eigenvalue weighted by atomic mass is 9.93. The fourth-order valence-electron chi connectivity index (χ4n) is 4.61. The van der Waals surface area contributed by atoms with Crippen LogP contribution in [0.4, 0.5) is 0 Å². The van der Waals surface area contributed by atoms with Crippen molar-refractivity contribution < 1.29 is 19.3 Å². The molecule has 0 amide bonds. The summed E-state index contributed by atoms with van der Waals surface area (Å²) in [5.74, 6) is 1.12. The Morgan fingerprint density at radius 2 is 1.59 bits per heavy atom. The average Bonchev–Trinajstić information content (AvgIpc) is 3.49. The first kappa shape index (κ1) is 23.3. The smallest absolute Gasteiger partial charge is 0.0904 e. The van der Waals surface area contributed by atoms with E-state index in [-0.39, 0.29) is 18.6 Å². The summed E-state index contributed by atoms with van der Waals surface area (Å²) in [4.78, 5) is 9.66. The van der Waals surface area contributed by atoms with E-state index in [0.29, 0.717) is 37.6 Å². The number of hydrogen-bond donors (Lipinski definition) is 1. The van der Waals surface area contributed by atoms with Gasteiger partial charge in [0, 0.05) is 29.8 Å². The maximum absolute atomic E-state index is 9.95. The second-order valence-corrected chi connectivity index (χ2v) is 9.57. The molecule has 4 heterocycles. The van der Waals surface area contributed by atoms with Crippen LogP contribution >= 0.6 is 0 Å². The SMILES string of the molecule is CC(C)c1ccc(C2COCC2OCc2nc(C(C)C)ccc2[C@H]2CCOC2)c(CO)n1. The van der Waals surface area contributed by atoms with E-state index >= 15 is 0 Å². The second kappa shape index (κ2) is 10.4. The van der Waals surface area contributed by atoms with Crippen LogP contribution in [0, 0.1) is 0 Å². The van der Waals surface area contributed by atoms with E-state index in [2.05, 4.69) is 52.0 Å². The molecule has 2 aliphatic heterocycles. The number of pyridine rings is 2. The molecular formula is C26H36N2O4. The molecule has 0 radical (unpaired) electrons. The van der Waals surface area contributed by atoms with E-state index in [1.807, 2.05) is 0 Å². The molecule has 6 heteroatoms. The zero-order valence-electron chi connectivity index (χ0n) is 19.7. The Bertz CT molecular complexity index is 909. The van der Waals surface area contributed by atoms with Gasteiger partial charge in [0.25, 0.3) is 0 Å². The van der Waals surface area contributed by atoms with Crippen molar-refractivity contribution in [2.45, 2.75) is 77.1 Å². The van der Waals surface area contributed by atoms with Crippen molar-refractivity contribution in [3.63, 3.8) is 0 Å². The first-order valence-corrected chi connectivity index (χ1v) is 11.8. The minimum absolute atomic E-state index is 0.0532. The number of rotatable bonds is 8. The highest BCUT2D eigenvalue weighted by atomic mass is 16.5. The Kier molecular flexibility index (Phi) is 7.56. The molecule has 0 spiro atoms. The van der Waals surface area contributed by atoms with E-state index in [4.69, 9.17) is 24.2 Å². The van der Waals surface area contributed by atoms with Crippen molar-refractivity contribution in [3.05, 3.63) is 58.2 Å². The lowest BCUT2D eigenvalue weighted by Crippen LogP contribution is -2.23. The summed E-state index contributed by atoms with van der Waals surface area (Å²) < 4.78 is 17.9. The predicted molar refractivity (Wildman–Crippen MR) is 123 cm³/mol. The number of aromatic nitrogens is 2. The second-order valence-electron chi connectivity index (χ2n) is 9.57. The quantitative estimate of drug-likeness (QED) is 0.655. The van der Waals surface area contributed by atoms with Crippen LogP contribution in [-0.2, 0) is 27.4 Å². The first-order valence-electron chi connectivity index (χ1n) is 11.8. The molecule has 32 heavy (non-hydrogen) atoms. The maximum Gasteiger partial charge on any atom is 0.0904 e. The Hall–Kier alpha value is -1.86. The van der Waals surface area contributed by atoms with Crippen molar-refractivity contribution in [2.24, 2.45) is 0 Å². The molecule has 174 valence electrons. The molecule has 0 saturated carbocycles. The average molecular weight is 441 g/mol. The van der Waals surface area contributed by atoms with Crippen molar-refractivity contribution in [3.8, 4) is 0 Å². The molecule has 2 fully saturated rings. The predicted octanol–water partition coefficient (Wildman–Crippen LogP) is 4.42. The molecular weight excluding hydrogens is 404 g/mol. The van der Waals surface area contributed by atoms with Crippen LogP contribution in [0.25, 0.3) is 0 Å². The number of ether oxygens (including phenoxy) is 3. The van der Waals surface area contributed by atoms with Crippen molar-refractivity contribution in [1.29, 1.82) is 0 Å². The van der Waals surface area contributed by atoms with E-state index < -0.39 is 0 Å². The molecule has 1 N–H and O–H groups in total. The van der Waals surface area contributed by atoms with Crippen LogP contribution in [0.3, 0.4) is 0 Å². The van der Waals surface area contributed by atoms with E-state index in [1.54, 1.807) is 0 Å². The van der Waals surface area contributed by atoms with Crippen LogP contribution in [0.1, 0.15) is 91.7 Å². The Morgan fingerprint density at radius 3 is 2.22 bits per heavy atom. The van der Waals surface area contributed by atoms with E-state index in [1.165, 1.54) is 5.56 Å². The van der Waals surface area contributed by atoms with Crippen molar-refractivity contribution in [1.82, 2.24) is 9.97 Å². The molecule has 6 nitrogen and oxygen atoms in total. The van der Waals surface area contributed by atoms with Gasteiger partial charge in [0.05, 0.1) is 50.5 Å². The van der Waals surface area contributed by atoms with Gasteiger partial charge in [0.15, 0.2) is 0 Å². The van der Waals surface area contributed by atoms with Gasteiger partial charge in [0.1, 0.15) is 0 Å². The molecule has 2 aromatic rings. The topological polar surface area (TPSA) is 73.7 Å². The summed E-state index contributed by atoms with van der Waals surface area (Å²) in [7, 11) is 0. The minimum Gasteiger partial charge on any atom is -0.390 e. The molecule has 2 unspecified atom stereocenters. The third-order valence-corrected chi connectivity index (χ3v) is 6.63. The van der Waals surface area contributed by atoms with Crippen LogP contribution < -0.4 is 0 Å². The summed E-state index contributed by atoms with van der Waals surface area (Å²) in [6.07, 6.45) is 0.933. The third kappa shape index (κ3) is 5.04. The molecule has 2 saturated heterocycles. The van der Waals surface area contributed by atoms with Crippen molar-refractivity contribution >= 4 is 0 Å². The molecule has 0 bridgehead atoms. The van der Waals surface area contributed by atoms with Gasteiger partial charge in [-0.05, 0) is 41.5 Å². The van der Waals surface area contributed by atoms with Gasteiger partial charge in [-0.1, -0.05) is 39.8 Å². The zero-order chi connectivity index (χ0) is 22.7. The van der Waals surface area contributed by atoms with Gasteiger partial charge in [-0.3, -0.25) is 9.97 Å². The Balaban J connectivity index is 1.54. The van der Waals surface area contributed by atoms with E-state index in [0.717, 1.165) is 48.0 Å². The Morgan fingerprint density at radius 1 is 0.906 bits per heavy atom. The molecule has 3 atom stereocenters. The Labute approximate surface area is 191 Å². The molecule has 4 rings (SSSR count). The highest BCUT2D eigenvalue weighted by Crippen LogP contribution is 2.33. The van der Waals surface area contributed by atoms with Gasteiger partial charge in [0.2, 0.25) is 0 Å². The summed E-state index contributed by atoms with van der Waals surface area (Å²) >= 11 is 0. The third-order valence-electron chi connectivity index (χ3n) is 6.63. The fourth-order valence-corrected chi connectivity index (χ4v) is 4.61. The van der Waals surface area contributed by atoms with Crippen molar-refractivity contribution in [2.75, 3.05) is 26.4 Å². The highest BCUT2D eigenvalue weighted by molar-refractivity contribution is 5.30. The van der Waals surface area contributed by atoms with Gasteiger partial charge < -0.3 is 19.3 Å². The standard InChI is InChI=1S/C26H36N2O4/c1-16(2)22-8-6-20(24(11-29)27-22)21-13-31-15-26(21)32-14-25-19(18-9-10-30-12-18)5-7-23(28-25)17(3)4/h5-8,16-18,21,26,29H,9-15H2,1-4H3/t18-,21?,26?/m0/s1. The van der Waals surface area contributed by atoms with Crippen LogP contribution in [-0.4, -0.2) is 47.6 Å². The fraction of sp³-hybridized carbons (Fsp3) is 0.615. The van der Waals surface area contributed by atoms with Gasteiger partial charge in [-0.25, -0.2) is 0 Å². The summed E-state index contributed by atoms with van der Waals surface area (Å²) in [6.45, 7) is 11.6. The maximum atomic E-state index is 9.95. The first-order chi connectivity index (χ1) is 15.5. The number of hydrogen-bond acceptors (Lipinski definition) is 6. The number of aliphatic hydroxyl groups is 1. The lowest BCUT2D eigenvalue weighted by molar-refractivity contribution is 0.0232. The lowest BCUT2D eigenvalue weighted by Gasteiger charge is -2.23.